The number of carbonyl (C=O) groups excluding carboxylic acids is 1. The Labute approximate surface area is 130 Å². The van der Waals surface area contributed by atoms with Crippen LogP contribution < -0.4 is 10.6 Å². The van der Waals surface area contributed by atoms with Crippen LogP contribution in [0.1, 0.15) is 24.2 Å². The molecule has 5 nitrogen and oxygen atoms in total. The standard InChI is InChI=1S/C17H22N4O/c22-17(20-10-12-4-6-18-7-5-12)13-8-14-2-1-3-16-19-11-15(9-13)21(14)16/h1-3,11-13,18H,4-10H2,(H,20,22). The van der Waals surface area contributed by atoms with E-state index in [0.717, 1.165) is 56.7 Å². The monoisotopic (exact) mass is 298 g/mol. The van der Waals surface area contributed by atoms with Crippen molar-refractivity contribution in [3.05, 3.63) is 35.8 Å². The summed E-state index contributed by atoms with van der Waals surface area (Å²) in [5, 5.41) is 6.54. The summed E-state index contributed by atoms with van der Waals surface area (Å²) in [6.45, 7) is 2.97. The first-order valence-electron chi connectivity index (χ1n) is 8.24. The highest BCUT2D eigenvalue weighted by atomic mass is 16.1. The van der Waals surface area contributed by atoms with Crippen LogP contribution in [0.15, 0.2) is 24.4 Å². The molecule has 1 atom stereocenters. The first-order valence-corrected chi connectivity index (χ1v) is 8.24. The summed E-state index contributed by atoms with van der Waals surface area (Å²) < 4.78 is 2.19. The normalized spacial score (nSPS) is 21.9. The van der Waals surface area contributed by atoms with E-state index in [0.29, 0.717) is 5.92 Å². The van der Waals surface area contributed by atoms with Gasteiger partial charge in [-0.2, -0.15) is 0 Å². The third kappa shape index (κ3) is 2.50. The number of nitrogens with zero attached hydrogens (tertiary/aromatic N) is 2. The Morgan fingerprint density at radius 3 is 2.95 bits per heavy atom. The Hall–Kier alpha value is -1.88. The van der Waals surface area contributed by atoms with Crippen molar-refractivity contribution >= 4 is 11.6 Å². The number of imidazole rings is 1. The first-order chi connectivity index (χ1) is 10.8. The van der Waals surface area contributed by atoms with Gasteiger partial charge in [0.1, 0.15) is 5.65 Å². The van der Waals surface area contributed by atoms with Crippen LogP contribution in [0.25, 0.3) is 5.65 Å². The van der Waals surface area contributed by atoms with Crippen molar-refractivity contribution in [2.75, 3.05) is 19.6 Å². The van der Waals surface area contributed by atoms with Crippen LogP contribution in [-0.4, -0.2) is 34.9 Å². The van der Waals surface area contributed by atoms with Crippen LogP contribution in [0.3, 0.4) is 0 Å². The van der Waals surface area contributed by atoms with Gasteiger partial charge in [0.05, 0.1) is 0 Å². The number of hydrogen-bond donors (Lipinski definition) is 2. The van der Waals surface area contributed by atoms with Crippen LogP contribution in [-0.2, 0) is 17.6 Å². The van der Waals surface area contributed by atoms with Gasteiger partial charge in [0.15, 0.2) is 0 Å². The van der Waals surface area contributed by atoms with Crippen LogP contribution in [0, 0.1) is 11.8 Å². The van der Waals surface area contributed by atoms with E-state index >= 15 is 0 Å². The van der Waals surface area contributed by atoms with E-state index in [1.807, 2.05) is 18.3 Å². The molecule has 1 fully saturated rings. The highest BCUT2D eigenvalue weighted by molar-refractivity contribution is 5.79. The molecule has 2 aliphatic rings. The van der Waals surface area contributed by atoms with E-state index in [1.165, 1.54) is 5.69 Å². The largest absolute Gasteiger partial charge is 0.356 e. The van der Waals surface area contributed by atoms with Crippen molar-refractivity contribution in [1.82, 2.24) is 20.0 Å². The first kappa shape index (κ1) is 13.8. The minimum atomic E-state index is 0.0384. The van der Waals surface area contributed by atoms with E-state index in [4.69, 9.17) is 0 Å². The van der Waals surface area contributed by atoms with Crippen LogP contribution >= 0.6 is 0 Å². The number of carbonyl (C=O) groups is 1. The fraction of sp³-hybridized carbons (Fsp3) is 0.529. The van der Waals surface area contributed by atoms with Gasteiger partial charge in [-0.3, -0.25) is 4.79 Å². The molecule has 2 aliphatic heterocycles. The van der Waals surface area contributed by atoms with Crippen molar-refractivity contribution in [3.63, 3.8) is 0 Å². The molecular weight excluding hydrogens is 276 g/mol. The van der Waals surface area contributed by atoms with Gasteiger partial charge in [0.25, 0.3) is 0 Å². The van der Waals surface area contributed by atoms with Crippen LogP contribution in [0.2, 0.25) is 0 Å². The summed E-state index contributed by atoms with van der Waals surface area (Å²) in [4.78, 5) is 17.0. The summed E-state index contributed by atoms with van der Waals surface area (Å²) in [6, 6.07) is 6.14. The Kier molecular flexibility index (Phi) is 3.58. The van der Waals surface area contributed by atoms with Crippen molar-refractivity contribution in [2.24, 2.45) is 11.8 Å². The van der Waals surface area contributed by atoms with Crippen LogP contribution in [0.4, 0.5) is 0 Å². The zero-order valence-electron chi connectivity index (χ0n) is 12.7. The van der Waals surface area contributed by atoms with Crippen molar-refractivity contribution in [2.45, 2.75) is 25.7 Å². The molecule has 2 N–H and O–H groups in total. The molecule has 0 aliphatic carbocycles. The average molecular weight is 298 g/mol. The molecule has 0 aromatic carbocycles. The molecule has 1 amide bonds. The minimum Gasteiger partial charge on any atom is -0.356 e. The maximum atomic E-state index is 12.5. The lowest BCUT2D eigenvalue weighted by Gasteiger charge is -2.26. The lowest BCUT2D eigenvalue weighted by atomic mass is 9.92. The molecule has 1 unspecified atom stereocenters. The molecule has 0 bridgehead atoms. The molecule has 5 heteroatoms. The number of nitrogens with one attached hydrogen (secondary N) is 2. The van der Waals surface area contributed by atoms with Gasteiger partial charge < -0.3 is 15.0 Å². The number of rotatable bonds is 3. The summed E-state index contributed by atoms with van der Waals surface area (Å²) in [5.41, 5.74) is 3.33. The topological polar surface area (TPSA) is 58.4 Å². The molecule has 0 saturated carbocycles. The second-order valence-electron chi connectivity index (χ2n) is 6.50. The van der Waals surface area contributed by atoms with E-state index in [9.17, 15) is 4.79 Å². The molecule has 4 heterocycles. The third-order valence-electron chi connectivity index (χ3n) is 4.99. The number of piperidine rings is 1. The van der Waals surface area contributed by atoms with Gasteiger partial charge in [-0.1, -0.05) is 6.07 Å². The second kappa shape index (κ2) is 5.72. The SMILES string of the molecule is O=C(NCC1CCNCC1)C1Cc2cccc3ncc(n23)C1. The third-order valence-corrected chi connectivity index (χ3v) is 4.99. The zero-order chi connectivity index (χ0) is 14.9. The molecular formula is C17H22N4O. The number of amides is 1. The zero-order valence-corrected chi connectivity index (χ0v) is 12.7. The van der Waals surface area contributed by atoms with E-state index < -0.39 is 0 Å². The smallest absolute Gasteiger partial charge is 0.223 e. The highest BCUT2D eigenvalue weighted by Crippen LogP contribution is 2.24. The van der Waals surface area contributed by atoms with E-state index in [2.05, 4.69) is 26.1 Å². The van der Waals surface area contributed by atoms with E-state index in [1.54, 1.807) is 0 Å². The lowest BCUT2D eigenvalue weighted by Crippen LogP contribution is -2.40. The average Bonchev–Trinajstić information content (AvgIpc) is 2.98. The predicted molar refractivity (Wildman–Crippen MR) is 84.7 cm³/mol. The summed E-state index contributed by atoms with van der Waals surface area (Å²) >= 11 is 0. The van der Waals surface area contributed by atoms with Crippen molar-refractivity contribution < 1.29 is 4.79 Å². The molecule has 2 aromatic heterocycles. The highest BCUT2D eigenvalue weighted by Gasteiger charge is 2.27. The second-order valence-corrected chi connectivity index (χ2v) is 6.50. The summed E-state index contributed by atoms with van der Waals surface area (Å²) in [7, 11) is 0. The maximum absolute atomic E-state index is 12.5. The van der Waals surface area contributed by atoms with Gasteiger partial charge in [0, 0.05) is 42.9 Å². The van der Waals surface area contributed by atoms with Crippen molar-refractivity contribution in [1.29, 1.82) is 0 Å². The van der Waals surface area contributed by atoms with E-state index in [-0.39, 0.29) is 11.8 Å². The van der Waals surface area contributed by atoms with Gasteiger partial charge in [-0.05, 0) is 44.0 Å². The fourth-order valence-electron chi connectivity index (χ4n) is 3.71. The maximum Gasteiger partial charge on any atom is 0.223 e. The Morgan fingerprint density at radius 1 is 1.27 bits per heavy atom. The molecule has 1 saturated heterocycles. The molecule has 0 spiro atoms. The molecule has 22 heavy (non-hydrogen) atoms. The summed E-state index contributed by atoms with van der Waals surface area (Å²) in [5.74, 6) is 0.863. The summed E-state index contributed by atoms with van der Waals surface area (Å²) in [6.07, 6.45) is 5.83. The quantitative estimate of drug-likeness (QED) is 0.894. The number of aromatic nitrogens is 2. The fourth-order valence-corrected chi connectivity index (χ4v) is 3.71. The molecule has 4 rings (SSSR count). The Morgan fingerprint density at radius 2 is 2.09 bits per heavy atom. The van der Waals surface area contributed by atoms with Crippen LogP contribution in [0.5, 0.6) is 0 Å². The lowest BCUT2D eigenvalue weighted by molar-refractivity contribution is -0.125. The van der Waals surface area contributed by atoms with Gasteiger partial charge >= 0.3 is 0 Å². The van der Waals surface area contributed by atoms with Gasteiger partial charge in [-0.25, -0.2) is 4.98 Å². The number of pyridine rings is 1. The Balaban J connectivity index is 1.42. The van der Waals surface area contributed by atoms with Gasteiger partial charge in [-0.15, -0.1) is 0 Å². The minimum absolute atomic E-state index is 0.0384. The van der Waals surface area contributed by atoms with Gasteiger partial charge in [0.2, 0.25) is 5.91 Å². The van der Waals surface area contributed by atoms with Crippen molar-refractivity contribution in [3.8, 4) is 0 Å². The molecule has 2 aromatic rings. The Bertz CT molecular complexity index is 687. The molecule has 116 valence electrons. The number of hydrogen-bond acceptors (Lipinski definition) is 3. The predicted octanol–water partition coefficient (Wildman–Crippen LogP) is 1.16. The molecule has 0 radical (unpaired) electrons.